The molecule has 2 heterocycles. The van der Waals surface area contributed by atoms with Crippen LogP contribution in [0, 0.1) is 0 Å². The van der Waals surface area contributed by atoms with Crippen LogP contribution in [0.25, 0.3) is 0 Å². The Kier molecular flexibility index (Phi) is 3.38. The number of hydrogen-bond acceptors (Lipinski definition) is 4. The Hall–Kier alpha value is -0.870. The van der Waals surface area contributed by atoms with E-state index in [4.69, 9.17) is 4.74 Å². The highest BCUT2D eigenvalue weighted by Gasteiger charge is 2.27. The minimum atomic E-state index is -0.142. The van der Waals surface area contributed by atoms with Gasteiger partial charge in [-0.15, -0.1) is 11.3 Å². The molecule has 0 saturated carbocycles. The van der Waals surface area contributed by atoms with Gasteiger partial charge in [0.15, 0.2) is 0 Å². The lowest BCUT2D eigenvalue weighted by atomic mass is 9.97. The van der Waals surface area contributed by atoms with Gasteiger partial charge >= 0.3 is 5.97 Å². The molecule has 1 aliphatic heterocycles. The summed E-state index contributed by atoms with van der Waals surface area (Å²) >= 11 is 1.74. The highest BCUT2D eigenvalue weighted by atomic mass is 32.1. The second kappa shape index (κ2) is 4.77. The summed E-state index contributed by atoms with van der Waals surface area (Å²) < 4.78 is 4.76. The van der Waals surface area contributed by atoms with Crippen molar-refractivity contribution in [2.24, 2.45) is 0 Å². The maximum Gasteiger partial charge on any atom is 0.322 e. The Labute approximate surface area is 93.4 Å². The number of carbonyl (C=O) groups excluding carboxylic acids is 1. The van der Waals surface area contributed by atoms with E-state index in [2.05, 4.69) is 16.8 Å². The Morgan fingerprint density at radius 3 is 3.13 bits per heavy atom. The summed E-state index contributed by atoms with van der Waals surface area (Å²) in [6.07, 6.45) is 3.07. The number of esters is 1. The average Bonchev–Trinajstić information content (AvgIpc) is 2.82. The fourth-order valence-corrected chi connectivity index (χ4v) is 2.80. The normalized spacial score (nSPS) is 26.2. The van der Waals surface area contributed by atoms with Crippen molar-refractivity contribution in [3.8, 4) is 0 Å². The fraction of sp³-hybridized carbons (Fsp3) is 0.545. The van der Waals surface area contributed by atoms with E-state index in [1.165, 1.54) is 12.0 Å². The molecular weight excluding hydrogens is 210 g/mol. The lowest BCUT2D eigenvalue weighted by molar-refractivity contribution is -0.144. The maximum absolute atomic E-state index is 11.4. The maximum atomic E-state index is 11.4. The third-order valence-corrected chi connectivity index (χ3v) is 3.75. The minimum absolute atomic E-state index is 0.129. The fourth-order valence-electron chi connectivity index (χ4n) is 1.98. The molecule has 0 unspecified atom stereocenters. The molecule has 0 aromatic carbocycles. The second-order valence-electron chi connectivity index (χ2n) is 3.74. The van der Waals surface area contributed by atoms with Crippen LogP contribution in [-0.2, 0) is 9.53 Å². The van der Waals surface area contributed by atoms with Gasteiger partial charge in [0.05, 0.1) is 7.11 Å². The number of rotatable bonds is 2. The van der Waals surface area contributed by atoms with Gasteiger partial charge in [-0.1, -0.05) is 6.07 Å². The molecule has 82 valence electrons. The van der Waals surface area contributed by atoms with Gasteiger partial charge in [-0.05, 0) is 30.7 Å². The zero-order valence-electron chi connectivity index (χ0n) is 8.73. The number of thiophene rings is 1. The molecule has 1 N–H and O–H groups in total. The first-order valence-electron chi connectivity index (χ1n) is 5.18. The number of nitrogens with one attached hydrogen (secondary N) is 1. The molecule has 1 aromatic rings. The third kappa shape index (κ3) is 2.38. The molecule has 15 heavy (non-hydrogen) atoms. The average molecular weight is 225 g/mol. The molecule has 0 bridgehead atoms. The monoisotopic (exact) mass is 225 g/mol. The number of ether oxygens (including phenoxy) is 1. The Morgan fingerprint density at radius 2 is 2.47 bits per heavy atom. The summed E-state index contributed by atoms with van der Waals surface area (Å²) in [6, 6.07) is 4.35. The van der Waals surface area contributed by atoms with Gasteiger partial charge in [-0.2, -0.15) is 0 Å². The summed E-state index contributed by atoms with van der Waals surface area (Å²) in [7, 11) is 1.44. The Balaban J connectivity index is 2.01. The van der Waals surface area contributed by atoms with Crippen LogP contribution in [0.3, 0.4) is 0 Å². The first kappa shape index (κ1) is 10.6. The standard InChI is InChI=1S/C11H15NO2S/c1-14-11(13)9-5-2-4-8(12-9)10-6-3-7-15-10/h3,6-9,12H,2,4-5H2,1H3/t8-,9+/m0/s1. The number of carbonyl (C=O) groups is 1. The van der Waals surface area contributed by atoms with E-state index in [0.717, 1.165) is 19.3 Å². The van der Waals surface area contributed by atoms with E-state index < -0.39 is 0 Å². The van der Waals surface area contributed by atoms with Crippen molar-refractivity contribution in [2.75, 3.05) is 7.11 Å². The zero-order valence-corrected chi connectivity index (χ0v) is 9.55. The van der Waals surface area contributed by atoms with Crippen molar-refractivity contribution in [3.63, 3.8) is 0 Å². The first-order chi connectivity index (χ1) is 7.31. The first-order valence-corrected chi connectivity index (χ1v) is 6.06. The van der Waals surface area contributed by atoms with Crippen molar-refractivity contribution in [1.29, 1.82) is 0 Å². The molecule has 2 atom stereocenters. The zero-order chi connectivity index (χ0) is 10.7. The van der Waals surface area contributed by atoms with E-state index in [1.807, 2.05) is 6.07 Å². The molecule has 1 aliphatic rings. The van der Waals surface area contributed by atoms with Crippen LogP contribution < -0.4 is 5.32 Å². The van der Waals surface area contributed by atoms with Crippen LogP contribution in [0.5, 0.6) is 0 Å². The van der Waals surface area contributed by atoms with Gasteiger partial charge in [-0.3, -0.25) is 10.1 Å². The smallest absolute Gasteiger partial charge is 0.322 e. The molecule has 0 spiro atoms. The molecule has 3 nitrogen and oxygen atoms in total. The quantitative estimate of drug-likeness (QED) is 0.783. The van der Waals surface area contributed by atoms with Crippen LogP contribution in [-0.4, -0.2) is 19.1 Å². The molecule has 0 aliphatic carbocycles. The van der Waals surface area contributed by atoms with Gasteiger partial charge < -0.3 is 4.74 Å². The van der Waals surface area contributed by atoms with Gasteiger partial charge in [0.1, 0.15) is 6.04 Å². The van der Waals surface area contributed by atoms with Crippen LogP contribution in [0.4, 0.5) is 0 Å². The van der Waals surface area contributed by atoms with Gasteiger partial charge in [0.25, 0.3) is 0 Å². The molecular formula is C11H15NO2S. The molecule has 1 saturated heterocycles. The highest BCUT2D eigenvalue weighted by molar-refractivity contribution is 7.10. The SMILES string of the molecule is COC(=O)[C@H]1CCC[C@@H](c2cccs2)N1. The van der Waals surface area contributed by atoms with Gasteiger partial charge in [-0.25, -0.2) is 0 Å². The third-order valence-electron chi connectivity index (χ3n) is 2.76. The topological polar surface area (TPSA) is 38.3 Å². The Bertz CT molecular complexity index is 323. The van der Waals surface area contributed by atoms with Crippen molar-refractivity contribution in [1.82, 2.24) is 5.32 Å². The molecule has 0 radical (unpaired) electrons. The number of hydrogen-bond donors (Lipinski definition) is 1. The lowest BCUT2D eigenvalue weighted by Crippen LogP contribution is -2.42. The van der Waals surface area contributed by atoms with Gasteiger partial charge in [0.2, 0.25) is 0 Å². The molecule has 1 fully saturated rings. The Morgan fingerprint density at radius 1 is 1.60 bits per heavy atom. The van der Waals surface area contributed by atoms with E-state index in [1.54, 1.807) is 11.3 Å². The summed E-state index contributed by atoms with van der Waals surface area (Å²) in [6.45, 7) is 0. The van der Waals surface area contributed by atoms with Crippen molar-refractivity contribution >= 4 is 17.3 Å². The molecule has 1 aromatic heterocycles. The van der Waals surface area contributed by atoms with E-state index >= 15 is 0 Å². The van der Waals surface area contributed by atoms with Crippen molar-refractivity contribution < 1.29 is 9.53 Å². The van der Waals surface area contributed by atoms with Crippen molar-refractivity contribution in [2.45, 2.75) is 31.3 Å². The summed E-state index contributed by atoms with van der Waals surface area (Å²) in [5.74, 6) is -0.142. The number of piperidine rings is 1. The van der Waals surface area contributed by atoms with E-state index in [-0.39, 0.29) is 12.0 Å². The van der Waals surface area contributed by atoms with Crippen LogP contribution in [0.2, 0.25) is 0 Å². The van der Waals surface area contributed by atoms with Gasteiger partial charge in [0, 0.05) is 10.9 Å². The largest absolute Gasteiger partial charge is 0.468 e. The van der Waals surface area contributed by atoms with Crippen LogP contribution >= 0.6 is 11.3 Å². The number of methoxy groups -OCH3 is 1. The predicted octanol–water partition coefficient (Wildman–Crippen LogP) is 2.10. The van der Waals surface area contributed by atoms with Crippen LogP contribution in [0.1, 0.15) is 30.2 Å². The molecule has 2 rings (SSSR count). The molecule has 4 heteroatoms. The summed E-state index contributed by atoms with van der Waals surface area (Å²) in [5, 5.41) is 5.41. The lowest BCUT2D eigenvalue weighted by Gasteiger charge is -2.28. The van der Waals surface area contributed by atoms with E-state index in [0.29, 0.717) is 6.04 Å². The minimum Gasteiger partial charge on any atom is -0.468 e. The second-order valence-corrected chi connectivity index (χ2v) is 4.72. The van der Waals surface area contributed by atoms with Crippen LogP contribution in [0.15, 0.2) is 17.5 Å². The van der Waals surface area contributed by atoms with E-state index in [9.17, 15) is 4.79 Å². The summed E-state index contributed by atoms with van der Waals surface area (Å²) in [4.78, 5) is 12.7. The molecule has 0 amide bonds. The predicted molar refractivity (Wildman–Crippen MR) is 59.9 cm³/mol. The summed E-state index contributed by atoms with van der Waals surface area (Å²) in [5.41, 5.74) is 0. The van der Waals surface area contributed by atoms with Crippen molar-refractivity contribution in [3.05, 3.63) is 22.4 Å². The highest BCUT2D eigenvalue weighted by Crippen LogP contribution is 2.28.